The molecule has 0 unspecified atom stereocenters. The van der Waals surface area contributed by atoms with E-state index in [1.807, 2.05) is 36.5 Å². The summed E-state index contributed by atoms with van der Waals surface area (Å²) in [4.78, 5) is 4.35. The van der Waals surface area contributed by atoms with Crippen LogP contribution in [0.15, 0.2) is 42.6 Å². The normalized spacial score (nSPS) is 11.3. The molecule has 0 saturated carbocycles. The summed E-state index contributed by atoms with van der Waals surface area (Å²) in [6.07, 6.45) is 1.88. The second-order valence-electron chi connectivity index (χ2n) is 5.19. The summed E-state index contributed by atoms with van der Waals surface area (Å²) in [6.45, 7) is 6.51. The molecule has 0 radical (unpaired) electrons. The molecule has 3 heteroatoms. The molecule has 0 saturated heterocycles. The van der Waals surface area contributed by atoms with Gasteiger partial charge in [-0.15, -0.1) is 0 Å². The van der Waals surface area contributed by atoms with Crippen molar-refractivity contribution in [2.75, 3.05) is 0 Å². The van der Waals surface area contributed by atoms with Crippen LogP contribution >= 0.6 is 22.6 Å². The first-order valence-electron chi connectivity index (χ1n) is 5.85. The van der Waals surface area contributed by atoms with Crippen molar-refractivity contribution in [1.82, 2.24) is 4.98 Å². The van der Waals surface area contributed by atoms with Crippen LogP contribution in [0.2, 0.25) is 0 Å². The Morgan fingerprint density at radius 3 is 2.44 bits per heavy atom. The number of ether oxygens (including phenoxy) is 1. The molecule has 0 atom stereocenters. The highest BCUT2D eigenvalue weighted by atomic mass is 127. The van der Waals surface area contributed by atoms with Crippen LogP contribution in [0.5, 0.6) is 11.6 Å². The number of halogens is 1. The fourth-order valence-corrected chi connectivity index (χ4v) is 2.05. The molecule has 2 nitrogen and oxygen atoms in total. The third-order valence-corrected chi connectivity index (χ3v) is 3.29. The third-order valence-electron chi connectivity index (χ3n) is 2.62. The lowest BCUT2D eigenvalue weighted by Crippen LogP contribution is -2.11. The summed E-state index contributed by atoms with van der Waals surface area (Å²) in [5.74, 6) is 1.45. The monoisotopic (exact) mass is 353 g/mol. The molecule has 1 heterocycles. The fourth-order valence-electron chi connectivity index (χ4n) is 1.54. The molecule has 0 aliphatic carbocycles. The van der Waals surface area contributed by atoms with Gasteiger partial charge in [-0.3, -0.25) is 0 Å². The van der Waals surface area contributed by atoms with Crippen molar-refractivity contribution in [1.29, 1.82) is 0 Å². The number of pyridine rings is 1. The number of aromatic nitrogens is 1. The fraction of sp³-hybridized carbons (Fsp3) is 0.267. The van der Waals surface area contributed by atoms with E-state index in [9.17, 15) is 0 Å². The van der Waals surface area contributed by atoms with Crippen molar-refractivity contribution in [2.45, 2.75) is 26.2 Å². The van der Waals surface area contributed by atoms with E-state index in [1.165, 1.54) is 5.56 Å². The second-order valence-corrected chi connectivity index (χ2v) is 6.44. The predicted octanol–water partition coefficient (Wildman–Crippen LogP) is 4.78. The van der Waals surface area contributed by atoms with Crippen molar-refractivity contribution >= 4 is 22.6 Å². The zero-order valence-electron chi connectivity index (χ0n) is 10.8. The third kappa shape index (κ3) is 3.45. The Morgan fingerprint density at radius 1 is 1.11 bits per heavy atom. The molecule has 0 spiro atoms. The number of rotatable bonds is 2. The van der Waals surface area contributed by atoms with Crippen LogP contribution in [0.4, 0.5) is 0 Å². The Bertz CT molecular complexity index is 529. The number of hydrogen-bond donors (Lipinski definition) is 0. The molecule has 94 valence electrons. The molecule has 0 aliphatic rings. The Hall–Kier alpha value is -1.10. The van der Waals surface area contributed by atoms with Gasteiger partial charge in [-0.25, -0.2) is 4.98 Å². The maximum Gasteiger partial charge on any atom is 0.219 e. The van der Waals surface area contributed by atoms with E-state index in [-0.39, 0.29) is 5.41 Å². The number of hydrogen-bond acceptors (Lipinski definition) is 2. The van der Waals surface area contributed by atoms with E-state index in [0.717, 1.165) is 9.32 Å². The van der Waals surface area contributed by atoms with Crippen LogP contribution < -0.4 is 4.74 Å². The molecular formula is C15H16INO. The van der Waals surface area contributed by atoms with Crippen molar-refractivity contribution in [3.8, 4) is 11.6 Å². The van der Waals surface area contributed by atoms with Gasteiger partial charge in [0, 0.05) is 15.8 Å². The molecule has 18 heavy (non-hydrogen) atoms. The van der Waals surface area contributed by atoms with Crippen LogP contribution in [0.3, 0.4) is 0 Å². The minimum absolute atomic E-state index is 0.119. The second kappa shape index (κ2) is 5.26. The number of benzene rings is 1. The lowest BCUT2D eigenvalue weighted by Gasteiger charge is -2.18. The molecule has 0 aliphatic heterocycles. The van der Waals surface area contributed by atoms with Crippen LogP contribution in [0.1, 0.15) is 26.3 Å². The first-order chi connectivity index (χ1) is 8.45. The summed E-state index contributed by atoms with van der Waals surface area (Å²) in [6, 6.07) is 11.9. The van der Waals surface area contributed by atoms with Gasteiger partial charge in [-0.05, 0) is 51.8 Å². The SMILES string of the molecule is CC(C)(C)c1ccc(Oc2cccc(I)c2)nc1. The van der Waals surface area contributed by atoms with Crippen molar-refractivity contribution in [3.05, 3.63) is 51.7 Å². The summed E-state index contributed by atoms with van der Waals surface area (Å²) in [5.41, 5.74) is 1.32. The molecule has 1 aromatic heterocycles. The Morgan fingerprint density at radius 2 is 1.89 bits per heavy atom. The van der Waals surface area contributed by atoms with E-state index in [1.54, 1.807) is 0 Å². The van der Waals surface area contributed by atoms with Crippen LogP contribution in [-0.4, -0.2) is 4.98 Å². The van der Waals surface area contributed by atoms with Crippen LogP contribution in [0.25, 0.3) is 0 Å². The molecule has 0 N–H and O–H groups in total. The molecular weight excluding hydrogens is 337 g/mol. The van der Waals surface area contributed by atoms with Crippen LogP contribution in [-0.2, 0) is 5.41 Å². The van der Waals surface area contributed by atoms with E-state index >= 15 is 0 Å². The molecule has 2 rings (SSSR count). The van der Waals surface area contributed by atoms with Gasteiger partial charge in [-0.2, -0.15) is 0 Å². The van der Waals surface area contributed by atoms with Gasteiger partial charge in [0.2, 0.25) is 5.88 Å². The molecule has 0 bridgehead atoms. The lowest BCUT2D eigenvalue weighted by atomic mass is 9.88. The van der Waals surface area contributed by atoms with E-state index in [2.05, 4.69) is 54.4 Å². The average Bonchev–Trinajstić information content (AvgIpc) is 2.28. The highest BCUT2D eigenvalue weighted by Crippen LogP contribution is 2.25. The molecule has 2 aromatic rings. The summed E-state index contributed by atoms with van der Waals surface area (Å²) in [5, 5.41) is 0. The molecule has 1 aromatic carbocycles. The zero-order valence-corrected chi connectivity index (χ0v) is 12.9. The lowest BCUT2D eigenvalue weighted by molar-refractivity contribution is 0.460. The van der Waals surface area contributed by atoms with E-state index in [4.69, 9.17) is 4.74 Å². The largest absolute Gasteiger partial charge is 0.439 e. The minimum Gasteiger partial charge on any atom is -0.439 e. The van der Waals surface area contributed by atoms with E-state index in [0.29, 0.717) is 5.88 Å². The van der Waals surface area contributed by atoms with Crippen molar-refractivity contribution < 1.29 is 4.74 Å². The van der Waals surface area contributed by atoms with Crippen molar-refractivity contribution in [2.24, 2.45) is 0 Å². The molecule has 0 fully saturated rings. The maximum absolute atomic E-state index is 5.71. The van der Waals surface area contributed by atoms with Gasteiger partial charge in [0.25, 0.3) is 0 Å². The average molecular weight is 353 g/mol. The van der Waals surface area contributed by atoms with Gasteiger partial charge >= 0.3 is 0 Å². The summed E-state index contributed by atoms with van der Waals surface area (Å²) >= 11 is 2.26. The van der Waals surface area contributed by atoms with Gasteiger partial charge in [-0.1, -0.05) is 32.9 Å². The Labute approximate surface area is 122 Å². The van der Waals surface area contributed by atoms with Gasteiger partial charge < -0.3 is 4.74 Å². The van der Waals surface area contributed by atoms with E-state index < -0.39 is 0 Å². The minimum atomic E-state index is 0.119. The van der Waals surface area contributed by atoms with Gasteiger partial charge in [0.15, 0.2) is 0 Å². The zero-order chi connectivity index (χ0) is 13.2. The quantitative estimate of drug-likeness (QED) is 0.726. The Kier molecular flexibility index (Phi) is 3.90. The first kappa shape index (κ1) is 13.3. The van der Waals surface area contributed by atoms with Gasteiger partial charge in [0.05, 0.1) is 0 Å². The maximum atomic E-state index is 5.71. The highest BCUT2D eigenvalue weighted by molar-refractivity contribution is 14.1. The predicted molar refractivity (Wildman–Crippen MR) is 82.2 cm³/mol. The summed E-state index contributed by atoms with van der Waals surface area (Å²) < 4.78 is 6.86. The summed E-state index contributed by atoms with van der Waals surface area (Å²) in [7, 11) is 0. The topological polar surface area (TPSA) is 22.1 Å². The Balaban J connectivity index is 2.16. The molecule has 0 amide bonds. The highest BCUT2D eigenvalue weighted by Gasteiger charge is 2.13. The van der Waals surface area contributed by atoms with Crippen LogP contribution in [0, 0.1) is 3.57 Å². The smallest absolute Gasteiger partial charge is 0.219 e. The number of nitrogens with zero attached hydrogens (tertiary/aromatic N) is 1. The first-order valence-corrected chi connectivity index (χ1v) is 6.93. The standard InChI is InChI=1S/C15H16INO/c1-15(2,3)11-7-8-14(17-10-11)18-13-6-4-5-12(16)9-13/h4-10H,1-3H3. The van der Waals surface area contributed by atoms with Gasteiger partial charge in [0.1, 0.15) is 5.75 Å². The van der Waals surface area contributed by atoms with Crippen molar-refractivity contribution in [3.63, 3.8) is 0 Å².